The Kier molecular flexibility index (Phi) is 7.51. The van der Waals surface area contributed by atoms with E-state index < -0.39 is 0 Å². The van der Waals surface area contributed by atoms with Gasteiger partial charge in [0, 0.05) is 53.3 Å². The highest BCUT2D eigenvalue weighted by Gasteiger charge is 2.38. The van der Waals surface area contributed by atoms with Crippen LogP contribution in [0.25, 0.3) is 16.6 Å². The maximum absolute atomic E-state index is 13.3. The quantitative estimate of drug-likeness (QED) is 0.371. The van der Waals surface area contributed by atoms with Gasteiger partial charge in [-0.1, -0.05) is 46.3 Å². The SMILES string of the molecule is CCONC(=C1CCN(C2(C)CCN(C(=O)c3c[nH]c4ccccc34)CC2)CC1)c1ccc(Br)cc1. The van der Waals surface area contributed by atoms with Crippen molar-refractivity contribution in [3.8, 4) is 0 Å². The number of hydrogen-bond acceptors (Lipinski definition) is 4. The number of carbonyl (C=O) groups excluding carboxylic acids is 1. The molecule has 0 atom stereocenters. The molecule has 0 radical (unpaired) electrons. The smallest absolute Gasteiger partial charge is 0.256 e. The summed E-state index contributed by atoms with van der Waals surface area (Å²) >= 11 is 3.54. The zero-order valence-electron chi connectivity index (χ0n) is 21.1. The molecular weight excluding hydrogens is 516 g/mol. The van der Waals surface area contributed by atoms with Crippen molar-refractivity contribution >= 4 is 38.4 Å². The lowest BCUT2D eigenvalue weighted by molar-refractivity contribution is 0.0257. The van der Waals surface area contributed by atoms with Crippen LogP contribution in [0.15, 0.2) is 64.8 Å². The van der Waals surface area contributed by atoms with Crippen molar-refractivity contribution in [3.05, 3.63) is 75.9 Å². The van der Waals surface area contributed by atoms with Crippen molar-refractivity contribution in [3.63, 3.8) is 0 Å². The zero-order chi connectivity index (χ0) is 25.1. The first-order valence-corrected chi connectivity index (χ1v) is 13.7. The van der Waals surface area contributed by atoms with Crippen LogP contribution in [0.3, 0.4) is 0 Å². The molecule has 0 saturated carbocycles. The van der Waals surface area contributed by atoms with Crippen molar-refractivity contribution in [2.45, 2.75) is 45.1 Å². The summed E-state index contributed by atoms with van der Waals surface area (Å²) in [5, 5.41) is 1.01. The number of likely N-dealkylation sites (tertiary alicyclic amines) is 2. The summed E-state index contributed by atoms with van der Waals surface area (Å²) in [5.41, 5.74) is 8.81. The van der Waals surface area contributed by atoms with Crippen LogP contribution in [0.5, 0.6) is 0 Å². The average molecular weight is 552 g/mol. The molecule has 0 spiro atoms. The van der Waals surface area contributed by atoms with Gasteiger partial charge in [0.1, 0.15) is 0 Å². The number of hydroxylamine groups is 1. The maximum atomic E-state index is 13.3. The Hall–Kier alpha value is -2.61. The number of carbonyl (C=O) groups is 1. The van der Waals surface area contributed by atoms with Crippen molar-refractivity contribution in [2.75, 3.05) is 32.8 Å². The third kappa shape index (κ3) is 5.10. The summed E-state index contributed by atoms with van der Waals surface area (Å²) in [7, 11) is 0. The summed E-state index contributed by atoms with van der Waals surface area (Å²) in [4.78, 5) is 26.8. The second-order valence-electron chi connectivity index (χ2n) is 10.0. The molecule has 3 heterocycles. The van der Waals surface area contributed by atoms with E-state index in [1.54, 1.807) is 0 Å². The molecule has 190 valence electrons. The van der Waals surface area contributed by atoms with E-state index in [9.17, 15) is 4.79 Å². The van der Waals surface area contributed by atoms with Crippen LogP contribution >= 0.6 is 15.9 Å². The van der Waals surface area contributed by atoms with Crippen molar-refractivity contribution in [1.29, 1.82) is 0 Å². The second kappa shape index (κ2) is 10.8. The fourth-order valence-electron chi connectivity index (χ4n) is 5.59. The minimum Gasteiger partial charge on any atom is -0.360 e. The van der Waals surface area contributed by atoms with Gasteiger partial charge in [0.05, 0.1) is 17.9 Å². The molecule has 2 aliphatic rings. The van der Waals surface area contributed by atoms with Crippen molar-refractivity contribution in [2.24, 2.45) is 0 Å². The van der Waals surface area contributed by atoms with Gasteiger partial charge in [0.15, 0.2) is 0 Å². The van der Waals surface area contributed by atoms with E-state index in [-0.39, 0.29) is 11.4 Å². The highest BCUT2D eigenvalue weighted by molar-refractivity contribution is 9.10. The summed E-state index contributed by atoms with van der Waals surface area (Å²) in [6.07, 6.45) is 5.88. The largest absolute Gasteiger partial charge is 0.360 e. The summed E-state index contributed by atoms with van der Waals surface area (Å²) in [5.74, 6) is 0.138. The predicted molar refractivity (Wildman–Crippen MR) is 148 cm³/mol. The van der Waals surface area contributed by atoms with Gasteiger partial charge in [-0.3, -0.25) is 20.0 Å². The molecule has 0 bridgehead atoms. The molecule has 2 saturated heterocycles. The Balaban J connectivity index is 1.23. The Bertz CT molecular complexity index is 1230. The van der Waals surface area contributed by atoms with Crippen LogP contribution in [-0.4, -0.2) is 59.0 Å². The first-order chi connectivity index (χ1) is 17.5. The van der Waals surface area contributed by atoms with E-state index in [4.69, 9.17) is 4.84 Å². The van der Waals surface area contributed by atoms with Crippen LogP contribution in [-0.2, 0) is 4.84 Å². The van der Waals surface area contributed by atoms with Gasteiger partial charge in [-0.25, -0.2) is 0 Å². The number of para-hydroxylation sites is 1. The number of benzene rings is 2. The van der Waals surface area contributed by atoms with E-state index >= 15 is 0 Å². The number of fused-ring (bicyclic) bond motifs is 1. The molecule has 6 nitrogen and oxygen atoms in total. The minimum atomic E-state index is 0.119. The number of nitrogens with one attached hydrogen (secondary N) is 2. The van der Waals surface area contributed by atoms with Gasteiger partial charge in [-0.2, -0.15) is 0 Å². The monoisotopic (exact) mass is 550 g/mol. The molecule has 1 aromatic heterocycles. The lowest BCUT2D eigenvalue weighted by atomic mass is 9.85. The number of amides is 1. The molecule has 2 N–H and O–H groups in total. The molecule has 7 heteroatoms. The number of nitrogens with zero attached hydrogens (tertiary/aromatic N) is 2. The molecule has 5 rings (SSSR count). The third-order valence-electron chi connectivity index (χ3n) is 7.88. The maximum Gasteiger partial charge on any atom is 0.256 e. The number of piperidine rings is 2. The molecule has 2 aliphatic heterocycles. The normalized spacial score (nSPS) is 18.4. The molecule has 36 heavy (non-hydrogen) atoms. The highest BCUT2D eigenvalue weighted by atomic mass is 79.9. The van der Waals surface area contributed by atoms with Gasteiger partial charge in [-0.05, 0) is 68.9 Å². The van der Waals surface area contributed by atoms with E-state index in [0.717, 1.165) is 84.1 Å². The lowest BCUT2D eigenvalue weighted by Crippen LogP contribution is -2.56. The first kappa shape index (κ1) is 25.1. The number of aromatic nitrogens is 1. The number of aromatic amines is 1. The molecule has 2 fully saturated rings. The van der Waals surface area contributed by atoms with Crippen LogP contribution < -0.4 is 5.48 Å². The average Bonchev–Trinajstić information content (AvgIpc) is 3.34. The van der Waals surface area contributed by atoms with Gasteiger partial charge in [-0.15, -0.1) is 0 Å². The predicted octanol–water partition coefficient (Wildman–Crippen LogP) is 5.97. The number of hydrogen-bond donors (Lipinski definition) is 2. The van der Waals surface area contributed by atoms with E-state index in [1.165, 1.54) is 5.57 Å². The first-order valence-electron chi connectivity index (χ1n) is 12.9. The van der Waals surface area contributed by atoms with E-state index in [2.05, 4.69) is 62.5 Å². The van der Waals surface area contributed by atoms with Crippen LogP contribution in [0.2, 0.25) is 0 Å². The second-order valence-corrected chi connectivity index (χ2v) is 11.0. The molecule has 3 aromatic rings. The van der Waals surface area contributed by atoms with Crippen molar-refractivity contribution in [1.82, 2.24) is 20.3 Å². The van der Waals surface area contributed by atoms with E-state index in [0.29, 0.717) is 6.61 Å². The van der Waals surface area contributed by atoms with E-state index in [1.807, 2.05) is 42.3 Å². The third-order valence-corrected chi connectivity index (χ3v) is 8.41. The number of halogens is 1. The van der Waals surface area contributed by atoms with Gasteiger partial charge in [0.2, 0.25) is 0 Å². The summed E-state index contributed by atoms with van der Waals surface area (Å²) in [6.45, 7) is 8.63. The van der Waals surface area contributed by atoms with Gasteiger partial charge >= 0.3 is 0 Å². The Morgan fingerprint density at radius 2 is 1.75 bits per heavy atom. The fourth-order valence-corrected chi connectivity index (χ4v) is 5.85. The highest BCUT2D eigenvalue weighted by Crippen LogP contribution is 2.35. The Morgan fingerprint density at radius 3 is 2.44 bits per heavy atom. The molecule has 1 amide bonds. The number of rotatable bonds is 6. The molecule has 2 aromatic carbocycles. The zero-order valence-corrected chi connectivity index (χ0v) is 22.7. The van der Waals surface area contributed by atoms with Gasteiger partial charge < -0.3 is 9.88 Å². The standard InChI is InChI=1S/C29H35BrN4O2/c1-3-36-32-27(21-8-10-23(30)11-9-21)22-12-16-34(17-13-22)29(2)14-18-33(19-15-29)28(35)25-20-31-26-7-5-4-6-24(25)26/h4-11,20,31-32H,3,12-19H2,1-2H3. The van der Waals surface area contributed by atoms with Gasteiger partial charge in [0.25, 0.3) is 5.91 Å². The fraction of sp³-hybridized carbons (Fsp3) is 0.414. The molecular formula is C29H35BrN4O2. The summed E-state index contributed by atoms with van der Waals surface area (Å²) < 4.78 is 1.07. The topological polar surface area (TPSA) is 60.6 Å². The Labute approximate surface area is 221 Å². The van der Waals surface area contributed by atoms with Crippen LogP contribution in [0.4, 0.5) is 0 Å². The molecule has 0 unspecified atom stereocenters. The lowest BCUT2D eigenvalue weighted by Gasteiger charge is -2.48. The minimum absolute atomic E-state index is 0.119. The molecule has 0 aliphatic carbocycles. The van der Waals surface area contributed by atoms with Crippen molar-refractivity contribution < 1.29 is 9.63 Å². The van der Waals surface area contributed by atoms with Crippen LogP contribution in [0, 0.1) is 0 Å². The number of H-pyrrole nitrogens is 1. The Morgan fingerprint density at radius 1 is 1.06 bits per heavy atom. The summed E-state index contributed by atoms with van der Waals surface area (Å²) in [6, 6.07) is 16.4. The van der Waals surface area contributed by atoms with Crippen LogP contribution in [0.1, 0.15) is 55.5 Å².